The molecule has 1 aromatic carbocycles. The van der Waals surface area contributed by atoms with Crippen molar-refractivity contribution in [3.05, 3.63) is 35.6 Å². The third kappa shape index (κ3) is 6.16. The van der Waals surface area contributed by atoms with Crippen molar-refractivity contribution >= 4 is 15.6 Å². The molecule has 0 unspecified atom stereocenters. The number of carbonyl (C=O) groups excluding carboxylic acids is 1. The first kappa shape index (κ1) is 13.8. The number of rotatable bonds is 6. The lowest BCUT2D eigenvalue weighted by molar-refractivity contribution is -0.118. The van der Waals surface area contributed by atoms with Crippen LogP contribution in [0.25, 0.3) is 0 Å². The summed E-state index contributed by atoms with van der Waals surface area (Å²) < 4.78 is 34.5. The maximum absolute atomic E-state index is 12.8. The minimum Gasteiger partial charge on any atom is -0.299 e. The molecule has 0 amide bonds. The number of sulfone groups is 1. The second kappa shape index (κ2) is 5.91. The fourth-order valence-corrected chi connectivity index (χ4v) is 2.16. The molecule has 0 N–H and O–H groups in total. The van der Waals surface area contributed by atoms with Crippen LogP contribution in [-0.4, -0.2) is 26.2 Å². The SMILES string of the molecule is CS(=O)(=O)CCCC(=O)Cc1cccc(F)c1. The molecular formula is C12H15FO3S. The minimum absolute atomic E-state index is 0.0158. The summed E-state index contributed by atoms with van der Waals surface area (Å²) in [5.41, 5.74) is 0.620. The van der Waals surface area contributed by atoms with Gasteiger partial charge in [0.15, 0.2) is 0 Å². The summed E-state index contributed by atoms with van der Waals surface area (Å²) in [6.45, 7) is 0. The van der Waals surface area contributed by atoms with Gasteiger partial charge in [-0.15, -0.1) is 0 Å². The van der Waals surface area contributed by atoms with Gasteiger partial charge < -0.3 is 0 Å². The summed E-state index contributed by atoms with van der Waals surface area (Å²) in [5.74, 6) is -0.423. The molecule has 0 saturated carbocycles. The highest BCUT2D eigenvalue weighted by Gasteiger charge is 2.07. The van der Waals surface area contributed by atoms with Gasteiger partial charge in [-0.25, -0.2) is 12.8 Å². The lowest BCUT2D eigenvalue weighted by Gasteiger charge is -2.01. The second-order valence-corrected chi connectivity index (χ2v) is 6.34. The monoisotopic (exact) mass is 258 g/mol. The Balaban J connectivity index is 2.40. The number of carbonyl (C=O) groups is 1. The lowest BCUT2D eigenvalue weighted by Crippen LogP contribution is -2.08. The molecule has 0 fully saturated rings. The van der Waals surface area contributed by atoms with Crippen molar-refractivity contribution in [2.45, 2.75) is 19.3 Å². The average molecular weight is 258 g/mol. The van der Waals surface area contributed by atoms with Crippen molar-refractivity contribution < 1.29 is 17.6 Å². The summed E-state index contributed by atoms with van der Waals surface area (Å²) in [6.07, 6.45) is 1.84. The van der Waals surface area contributed by atoms with Crippen molar-refractivity contribution in [1.29, 1.82) is 0 Å². The van der Waals surface area contributed by atoms with E-state index in [1.807, 2.05) is 0 Å². The first-order chi connectivity index (χ1) is 7.87. The molecule has 5 heteroatoms. The van der Waals surface area contributed by atoms with E-state index in [-0.39, 0.29) is 30.2 Å². The van der Waals surface area contributed by atoms with E-state index in [1.165, 1.54) is 12.1 Å². The van der Waals surface area contributed by atoms with Gasteiger partial charge in [0.25, 0.3) is 0 Å². The van der Waals surface area contributed by atoms with Crippen LogP contribution < -0.4 is 0 Å². The van der Waals surface area contributed by atoms with Crippen molar-refractivity contribution in [2.75, 3.05) is 12.0 Å². The number of Topliss-reactive ketones (excluding diaryl/α,β-unsaturated/α-hetero) is 1. The van der Waals surface area contributed by atoms with Gasteiger partial charge in [0.2, 0.25) is 0 Å². The van der Waals surface area contributed by atoms with Gasteiger partial charge in [-0.05, 0) is 24.1 Å². The molecule has 0 atom stereocenters. The van der Waals surface area contributed by atoms with Crippen LogP contribution in [0.5, 0.6) is 0 Å². The largest absolute Gasteiger partial charge is 0.299 e. The van der Waals surface area contributed by atoms with Crippen LogP contribution in [0.2, 0.25) is 0 Å². The Bertz CT molecular complexity index is 494. The van der Waals surface area contributed by atoms with E-state index < -0.39 is 9.84 Å². The Morgan fingerprint density at radius 1 is 1.35 bits per heavy atom. The topological polar surface area (TPSA) is 51.2 Å². The van der Waals surface area contributed by atoms with Crippen LogP contribution in [-0.2, 0) is 21.1 Å². The number of halogens is 1. The van der Waals surface area contributed by atoms with Gasteiger partial charge in [-0.3, -0.25) is 4.79 Å². The number of hydrogen-bond acceptors (Lipinski definition) is 3. The molecule has 0 spiro atoms. The van der Waals surface area contributed by atoms with E-state index in [2.05, 4.69) is 0 Å². The summed E-state index contributed by atoms with van der Waals surface area (Å²) in [7, 11) is -3.01. The van der Waals surface area contributed by atoms with E-state index in [0.29, 0.717) is 12.0 Å². The third-order valence-electron chi connectivity index (χ3n) is 2.26. The molecule has 0 radical (unpaired) electrons. The first-order valence-electron chi connectivity index (χ1n) is 5.31. The second-order valence-electron chi connectivity index (χ2n) is 4.08. The lowest BCUT2D eigenvalue weighted by atomic mass is 10.1. The molecule has 17 heavy (non-hydrogen) atoms. The normalized spacial score (nSPS) is 11.4. The zero-order valence-electron chi connectivity index (χ0n) is 9.65. The van der Waals surface area contributed by atoms with Crippen molar-refractivity contribution in [3.63, 3.8) is 0 Å². The fraction of sp³-hybridized carbons (Fsp3) is 0.417. The minimum atomic E-state index is -3.01. The van der Waals surface area contributed by atoms with E-state index >= 15 is 0 Å². The predicted molar refractivity (Wildman–Crippen MR) is 64.1 cm³/mol. The quantitative estimate of drug-likeness (QED) is 0.781. The van der Waals surface area contributed by atoms with Gasteiger partial charge >= 0.3 is 0 Å². The summed E-state index contributed by atoms with van der Waals surface area (Å²) in [6, 6.07) is 5.86. The zero-order valence-corrected chi connectivity index (χ0v) is 10.5. The van der Waals surface area contributed by atoms with Crippen LogP contribution in [0, 0.1) is 5.82 Å². The Morgan fingerprint density at radius 2 is 2.06 bits per heavy atom. The molecule has 0 aliphatic rings. The highest BCUT2D eigenvalue weighted by molar-refractivity contribution is 7.90. The summed E-state index contributed by atoms with van der Waals surface area (Å²) in [5, 5.41) is 0. The van der Waals surface area contributed by atoms with Gasteiger partial charge in [-0.2, -0.15) is 0 Å². The smallest absolute Gasteiger partial charge is 0.147 e. The Hall–Kier alpha value is -1.23. The molecule has 0 bridgehead atoms. The first-order valence-corrected chi connectivity index (χ1v) is 7.37. The van der Waals surface area contributed by atoms with Crippen LogP contribution in [0.4, 0.5) is 4.39 Å². The average Bonchev–Trinajstić information content (AvgIpc) is 2.15. The number of ketones is 1. The van der Waals surface area contributed by atoms with E-state index in [1.54, 1.807) is 12.1 Å². The maximum Gasteiger partial charge on any atom is 0.147 e. The molecule has 3 nitrogen and oxygen atoms in total. The molecule has 0 aromatic heterocycles. The third-order valence-corrected chi connectivity index (χ3v) is 3.29. The Labute approximate surface area is 101 Å². The van der Waals surface area contributed by atoms with Gasteiger partial charge in [-0.1, -0.05) is 12.1 Å². The Kier molecular flexibility index (Phi) is 4.81. The Morgan fingerprint density at radius 3 is 2.65 bits per heavy atom. The van der Waals surface area contributed by atoms with E-state index in [0.717, 1.165) is 6.26 Å². The molecule has 0 aliphatic carbocycles. The van der Waals surface area contributed by atoms with E-state index in [9.17, 15) is 17.6 Å². The zero-order chi connectivity index (χ0) is 12.9. The molecule has 94 valence electrons. The molecule has 0 heterocycles. The highest BCUT2D eigenvalue weighted by Crippen LogP contribution is 2.07. The fourth-order valence-electron chi connectivity index (χ4n) is 1.49. The molecule has 1 aromatic rings. The molecule has 0 aliphatic heterocycles. The van der Waals surface area contributed by atoms with Crippen LogP contribution >= 0.6 is 0 Å². The van der Waals surface area contributed by atoms with Gasteiger partial charge in [0.1, 0.15) is 21.4 Å². The summed E-state index contributed by atoms with van der Waals surface area (Å²) >= 11 is 0. The van der Waals surface area contributed by atoms with Crippen molar-refractivity contribution in [1.82, 2.24) is 0 Å². The van der Waals surface area contributed by atoms with Crippen LogP contribution in [0.3, 0.4) is 0 Å². The van der Waals surface area contributed by atoms with Crippen molar-refractivity contribution in [3.8, 4) is 0 Å². The number of hydrogen-bond donors (Lipinski definition) is 0. The molecule has 0 saturated heterocycles. The van der Waals surface area contributed by atoms with Gasteiger partial charge in [0, 0.05) is 19.1 Å². The van der Waals surface area contributed by atoms with E-state index in [4.69, 9.17) is 0 Å². The van der Waals surface area contributed by atoms with Gasteiger partial charge in [0.05, 0.1) is 5.75 Å². The van der Waals surface area contributed by atoms with Crippen molar-refractivity contribution in [2.24, 2.45) is 0 Å². The maximum atomic E-state index is 12.8. The molecule has 1 rings (SSSR count). The predicted octanol–water partition coefficient (Wildman–Crippen LogP) is 1.76. The number of benzene rings is 1. The standard InChI is InChI=1S/C12H15FO3S/c1-17(15,16)7-3-6-12(14)9-10-4-2-5-11(13)8-10/h2,4-5,8H,3,6-7,9H2,1H3. The van der Waals surface area contributed by atoms with Crippen LogP contribution in [0.1, 0.15) is 18.4 Å². The highest BCUT2D eigenvalue weighted by atomic mass is 32.2. The van der Waals surface area contributed by atoms with Crippen LogP contribution in [0.15, 0.2) is 24.3 Å². The summed E-state index contributed by atoms with van der Waals surface area (Å²) in [4.78, 5) is 11.5. The molecular weight excluding hydrogens is 243 g/mol.